The summed E-state index contributed by atoms with van der Waals surface area (Å²) in [6.07, 6.45) is 1.26. The standard InChI is InChI=1S/C10H16N2O4S2/c1-7-11-5-9(17-7)18(15,16)12(6-8(13)14)10(2,3)4/h5H,6H2,1-4H3,(H,13,14). The Morgan fingerprint density at radius 1 is 1.50 bits per heavy atom. The molecule has 0 amide bonds. The maximum atomic E-state index is 12.4. The molecule has 0 aliphatic rings. The van der Waals surface area contributed by atoms with Crippen molar-refractivity contribution >= 4 is 27.3 Å². The molecule has 18 heavy (non-hydrogen) atoms. The van der Waals surface area contributed by atoms with E-state index in [9.17, 15) is 13.2 Å². The van der Waals surface area contributed by atoms with Crippen LogP contribution in [-0.2, 0) is 14.8 Å². The topological polar surface area (TPSA) is 87.6 Å². The number of thiazole rings is 1. The molecular formula is C10H16N2O4S2. The highest BCUT2D eigenvalue weighted by atomic mass is 32.2. The minimum Gasteiger partial charge on any atom is -0.480 e. The van der Waals surface area contributed by atoms with Crippen LogP contribution < -0.4 is 0 Å². The van der Waals surface area contributed by atoms with E-state index in [1.165, 1.54) is 6.20 Å². The van der Waals surface area contributed by atoms with E-state index in [1.54, 1.807) is 27.7 Å². The fourth-order valence-corrected chi connectivity index (χ4v) is 4.33. The molecule has 6 nitrogen and oxygen atoms in total. The monoisotopic (exact) mass is 292 g/mol. The lowest BCUT2D eigenvalue weighted by atomic mass is 10.1. The zero-order valence-corrected chi connectivity index (χ0v) is 12.3. The van der Waals surface area contributed by atoms with E-state index in [2.05, 4.69) is 4.98 Å². The molecule has 0 aromatic carbocycles. The van der Waals surface area contributed by atoms with Gasteiger partial charge in [-0.1, -0.05) is 0 Å². The summed E-state index contributed by atoms with van der Waals surface area (Å²) in [5, 5.41) is 9.47. The van der Waals surface area contributed by atoms with E-state index in [0.717, 1.165) is 15.6 Å². The first-order valence-corrected chi connectivity index (χ1v) is 7.48. The second kappa shape index (κ2) is 4.94. The van der Waals surface area contributed by atoms with Crippen molar-refractivity contribution in [3.63, 3.8) is 0 Å². The normalized spacial score (nSPS) is 12.9. The molecule has 0 atom stereocenters. The highest BCUT2D eigenvalue weighted by Crippen LogP contribution is 2.27. The Morgan fingerprint density at radius 2 is 2.06 bits per heavy atom. The second-order valence-corrected chi connectivity index (χ2v) is 8.10. The average molecular weight is 292 g/mol. The van der Waals surface area contributed by atoms with Crippen molar-refractivity contribution in [1.29, 1.82) is 0 Å². The van der Waals surface area contributed by atoms with Crippen LogP contribution in [0.5, 0.6) is 0 Å². The van der Waals surface area contributed by atoms with Crippen molar-refractivity contribution < 1.29 is 18.3 Å². The van der Waals surface area contributed by atoms with Crippen LogP contribution in [0.2, 0.25) is 0 Å². The lowest BCUT2D eigenvalue weighted by Crippen LogP contribution is -2.47. The lowest BCUT2D eigenvalue weighted by molar-refractivity contribution is -0.138. The van der Waals surface area contributed by atoms with E-state index < -0.39 is 28.1 Å². The Hall–Kier alpha value is -0.990. The minimum atomic E-state index is -3.82. The van der Waals surface area contributed by atoms with Crippen LogP contribution in [0.1, 0.15) is 25.8 Å². The van der Waals surface area contributed by atoms with Crippen LogP contribution in [0.3, 0.4) is 0 Å². The minimum absolute atomic E-state index is 0.0659. The van der Waals surface area contributed by atoms with E-state index in [1.807, 2.05) is 0 Å². The first kappa shape index (κ1) is 15.1. The number of hydrogen-bond donors (Lipinski definition) is 1. The first-order valence-electron chi connectivity index (χ1n) is 5.22. The average Bonchev–Trinajstić information content (AvgIpc) is 2.59. The Balaban J connectivity index is 3.24. The van der Waals surface area contributed by atoms with Crippen LogP contribution in [0, 0.1) is 6.92 Å². The molecule has 1 aromatic rings. The van der Waals surface area contributed by atoms with Gasteiger partial charge in [0, 0.05) is 5.54 Å². The van der Waals surface area contributed by atoms with Crippen molar-refractivity contribution in [2.45, 2.75) is 37.4 Å². The maximum Gasteiger partial charge on any atom is 0.318 e. The summed E-state index contributed by atoms with van der Waals surface area (Å²) < 4.78 is 25.8. The second-order valence-electron chi connectivity index (χ2n) is 4.77. The fourth-order valence-electron chi connectivity index (χ4n) is 1.38. The summed E-state index contributed by atoms with van der Waals surface area (Å²) in [4.78, 5) is 14.7. The zero-order valence-electron chi connectivity index (χ0n) is 10.7. The van der Waals surface area contributed by atoms with Gasteiger partial charge in [-0.3, -0.25) is 4.79 Å². The summed E-state index contributed by atoms with van der Waals surface area (Å²) in [6, 6.07) is 0. The number of carboxylic acids is 1. The maximum absolute atomic E-state index is 12.4. The third-order valence-electron chi connectivity index (χ3n) is 2.17. The van der Waals surface area contributed by atoms with Gasteiger partial charge in [0.05, 0.1) is 11.2 Å². The van der Waals surface area contributed by atoms with Gasteiger partial charge in [-0.2, -0.15) is 4.31 Å². The molecule has 0 aliphatic heterocycles. The largest absolute Gasteiger partial charge is 0.480 e. The highest BCUT2D eigenvalue weighted by molar-refractivity contribution is 7.91. The van der Waals surface area contributed by atoms with E-state index >= 15 is 0 Å². The number of carbonyl (C=O) groups is 1. The molecule has 102 valence electrons. The molecule has 0 fully saturated rings. The van der Waals surface area contributed by atoms with Gasteiger partial charge in [0.15, 0.2) is 4.21 Å². The van der Waals surface area contributed by atoms with E-state index in [0.29, 0.717) is 5.01 Å². The molecule has 0 aliphatic carbocycles. The highest BCUT2D eigenvalue weighted by Gasteiger charge is 2.36. The van der Waals surface area contributed by atoms with Gasteiger partial charge in [-0.15, -0.1) is 11.3 Å². The van der Waals surface area contributed by atoms with Crippen LogP contribution in [0.25, 0.3) is 0 Å². The molecule has 0 saturated heterocycles. The summed E-state index contributed by atoms with van der Waals surface area (Å²) in [7, 11) is -3.82. The summed E-state index contributed by atoms with van der Waals surface area (Å²) in [5.41, 5.74) is -0.810. The molecular weight excluding hydrogens is 276 g/mol. The van der Waals surface area contributed by atoms with Crippen molar-refractivity contribution in [1.82, 2.24) is 9.29 Å². The van der Waals surface area contributed by atoms with Crippen molar-refractivity contribution in [2.75, 3.05) is 6.54 Å². The number of rotatable bonds is 4. The number of aliphatic carboxylic acids is 1. The third-order valence-corrected chi connectivity index (χ3v) is 5.63. The van der Waals surface area contributed by atoms with Gasteiger partial charge < -0.3 is 5.11 Å². The van der Waals surface area contributed by atoms with Crippen LogP contribution in [-0.4, -0.2) is 40.9 Å². The van der Waals surface area contributed by atoms with E-state index in [-0.39, 0.29) is 4.21 Å². The molecule has 1 rings (SSSR count). The number of carboxylic acid groups (broad SMARTS) is 1. The summed E-state index contributed by atoms with van der Waals surface area (Å²) in [6.45, 7) is 6.09. The van der Waals surface area contributed by atoms with Crippen molar-refractivity contribution in [3.8, 4) is 0 Å². The Labute approximate surface area is 110 Å². The van der Waals surface area contributed by atoms with Gasteiger partial charge in [0.25, 0.3) is 10.0 Å². The van der Waals surface area contributed by atoms with Gasteiger partial charge in [-0.05, 0) is 27.7 Å². The molecule has 1 aromatic heterocycles. The van der Waals surface area contributed by atoms with Crippen LogP contribution in [0.15, 0.2) is 10.4 Å². The van der Waals surface area contributed by atoms with Crippen LogP contribution in [0.4, 0.5) is 0 Å². The molecule has 1 N–H and O–H groups in total. The summed E-state index contributed by atoms with van der Waals surface area (Å²) in [5.74, 6) is -1.19. The van der Waals surface area contributed by atoms with Crippen LogP contribution >= 0.6 is 11.3 Å². The fraction of sp³-hybridized carbons (Fsp3) is 0.600. The predicted octanol–water partition coefficient (Wildman–Crippen LogP) is 1.33. The first-order chi connectivity index (χ1) is 8.05. The van der Waals surface area contributed by atoms with Crippen molar-refractivity contribution in [3.05, 3.63) is 11.2 Å². The van der Waals surface area contributed by atoms with E-state index in [4.69, 9.17) is 5.11 Å². The predicted molar refractivity (Wildman–Crippen MR) is 68.1 cm³/mol. The Kier molecular flexibility index (Phi) is 4.14. The number of sulfonamides is 1. The van der Waals surface area contributed by atoms with Crippen molar-refractivity contribution in [2.24, 2.45) is 0 Å². The summed E-state index contributed by atoms with van der Waals surface area (Å²) >= 11 is 1.03. The molecule has 1 heterocycles. The van der Waals surface area contributed by atoms with Gasteiger partial charge in [0.2, 0.25) is 0 Å². The third kappa shape index (κ3) is 3.27. The molecule has 8 heteroatoms. The molecule has 0 spiro atoms. The number of nitrogens with zero attached hydrogens (tertiary/aromatic N) is 2. The van der Waals surface area contributed by atoms with Gasteiger partial charge in [-0.25, -0.2) is 13.4 Å². The molecule has 0 bridgehead atoms. The molecule has 0 unspecified atom stereocenters. The number of hydrogen-bond acceptors (Lipinski definition) is 5. The molecule has 0 radical (unpaired) electrons. The Bertz CT molecular complexity index is 542. The Morgan fingerprint density at radius 3 is 2.39 bits per heavy atom. The lowest BCUT2D eigenvalue weighted by Gasteiger charge is -2.32. The zero-order chi connectivity index (χ0) is 14.1. The SMILES string of the molecule is Cc1ncc(S(=O)(=O)N(CC(=O)O)C(C)(C)C)s1. The number of aromatic nitrogens is 1. The molecule has 0 saturated carbocycles. The van der Waals surface area contributed by atoms with Gasteiger partial charge >= 0.3 is 5.97 Å². The quantitative estimate of drug-likeness (QED) is 0.904. The smallest absolute Gasteiger partial charge is 0.318 e. The number of aryl methyl sites for hydroxylation is 1. The van der Waals surface area contributed by atoms with Gasteiger partial charge in [0.1, 0.15) is 6.54 Å².